The standard InChI is InChI=1S/C17H26N2O2/c1-21-16-11-6-5-10-15(16)17(20)19(13-7-12-18)14-8-3-2-4-9-14/h5-6,10-11,14H,2-4,7-9,12-13,18H2,1H3. The van der Waals surface area contributed by atoms with Crippen LogP contribution in [-0.2, 0) is 0 Å². The minimum absolute atomic E-state index is 0.0767. The summed E-state index contributed by atoms with van der Waals surface area (Å²) in [4.78, 5) is 15.0. The predicted octanol–water partition coefficient (Wildman–Crippen LogP) is 2.82. The zero-order valence-electron chi connectivity index (χ0n) is 12.9. The van der Waals surface area contributed by atoms with Crippen LogP contribution in [0.1, 0.15) is 48.9 Å². The van der Waals surface area contributed by atoms with Gasteiger partial charge >= 0.3 is 0 Å². The van der Waals surface area contributed by atoms with E-state index in [1.807, 2.05) is 29.2 Å². The summed E-state index contributed by atoms with van der Waals surface area (Å²) < 4.78 is 5.34. The first kappa shape index (κ1) is 15.8. The molecule has 1 fully saturated rings. The minimum Gasteiger partial charge on any atom is -0.496 e. The molecule has 0 heterocycles. The van der Waals surface area contributed by atoms with Crippen molar-refractivity contribution in [2.75, 3.05) is 20.2 Å². The van der Waals surface area contributed by atoms with Crippen LogP contribution in [0.4, 0.5) is 0 Å². The van der Waals surface area contributed by atoms with Gasteiger partial charge in [0.1, 0.15) is 5.75 Å². The van der Waals surface area contributed by atoms with Gasteiger partial charge in [0.25, 0.3) is 5.91 Å². The fraction of sp³-hybridized carbons (Fsp3) is 0.588. The summed E-state index contributed by atoms with van der Waals surface area (Å²) in [5.74, 6) is 0.726. The molecule has 0 spiro atoms. The third-order valence-corrected chi connectivity index (χ3v) is 4.22. The lowest BCUT2D eigenvalue weighted by Gasteiger charge is -2.34. The first-order valence-electron chi connectivity index (χ1n) is 7.92. The second kappa shape index (κ2) is 8.03. The number of hydrogen-bond acceptors (Lipinski definition) is 3. The zero-order valence-corrected chi connectivity index (χ0v) is 12.9. The van der Waals surface area contributed by atoms with Gasteiger partial charge in [-0.2, -0.15) is 0 Å². The third-order valence-electron chi connectivity index (χ3n) is 4.22. The van der Waals surface area contributed by atoms with E-state index < -0.39 is 0 Å². The number of methoxy groups -OCH3 is 1. The summed E-state index contributed by atoms with van der Waals surface area (Å²) in [6.07, 6.45) is 6.75. The molecule has 0 aliphatic heterocycles. The molecule has 0 atom stereocenters. The van der Waals surface area contributed by atoms with E-state index in [1.54, 1.807) is 7.11 Å². The summed E-state index contributed by atoms with van der Waals surface area (Å²) in [5, 5.41) is 0. The Kier molecular flexibility index (Phi) is 6.05. The van der Waals surface area contributed by atoms with E-state index >= 15 is 0 Å². The van der Waals surface area contributed by atoms with Crippen LogP contribution in [-0.4, -0.2) is 37.0 Å². The van der Waals surface area contributed by atoms with Crippen molar-refractivity contribution >= 4 is 5.91 Å². The molecule has 116 valence electrons. The highest BCUT2D eigenvalue weighted by molar-refractivity contribution is 5.97. The SMILES string of the molecule is COc1ccccc1C(=O)N(CCCN)C1CCCCC1. The van der Waals surface area contributed by atoms with Gasteiger partial charge in [-0.1, -0.05) is 31.4 Å². The molecule has 21 heavy (non-hydrogen) atoms. The summed E-state index contributed by atoms with van der Waals surface area (Å²) >= 11 is 0. The van der Waals surface area contributed by atoms with Crippen molar-refractivity contribution < 1.29 is 9.53 Å². The fourth-order valence-corrected chi connectivity index (χ4v) is 3.08. The zero-order chi connectivity index (χ0) is 15.1. The van der Waals surface area contributed by atoms with Gasteiger partial charge in [-0.25, -0.2) is 0 Å². The number of nitrogens with two attached hydrogens (primary N) is 1. The Morgan fingerprint density at radius 1 is 1.29 bits per heavy atom. The van der Waals surface area contributed by atoms with Gasteiger partial charge in [0.2, 0.25) is 0 Å². The van der Waals surface area contributed by atoms with E-state index in [9.17, 15) is 4.79 Å². The van der Waals surface area contributed by atoms with Crippen molar-refractivity contribution in [2.45, 2.75) is 44.6 Å². The van der Waals surface area contributed by atoms with E-state index in [2.05, 4.69) is 0 Å². The maximum Gasteiger partial charge on any atom is 0.257 e. The highest BCUT2D eigenvalue weighted by Crippen LogP contribution is 2.26. The Labute approximate surface area is 127 Å². The summed E-state index contributed by atoms with van der Waals surface area (Å²) in [6, 6.07) is 7.81. The minimum atomic E-state index is 0.0767. The van der Waals surface area contributed by atoms with Crippen LogP contribution in [0.15, 0.2) is 24.3 Å². The molecule has 2 N–H and O–H groups in total. The number of benzene rings is 1. The van der Waals surface area contributed by atoms with Crippen molar-refractivity contribution in [1.82, 2.24) is 4.90 Å². The van der Waals surface area contributed by atoms with Crippen LogP contribution in [0, 0.1) is 0 Å². The average molecular weight is 290 g/mol. The van der Waals surface area contributed by atoms with Crippen LogP contribution in [0.25, 0.3) is 0 Å². The first-order valence-corrected chi connectivity index (χ1v) is 7.92. The summed E-state index contributed by atoms with van der Waals surface area (Å²) in [6.45, 7) is 1.35. The van der Waals surface area contributed by atoms with E-state index in [4.69, 9.17) is 10.5 Å². The lowest BCUT2D eigenvalue weighted by molar-refractivity contribution is 0.0629. The molecule has 1 aromatic rings. The Morgan fingerprint density at radius 2 is 2.00 bits per heavy atom. The molecule has 4 heteroatoms. The first-order chi connectivity index (χ1) is 10.3. The van der Waals surface area contributed by atoms with Crippen LogP contribution in [0.3, 0.4) is 0 Å². The Hall–Kier alpha value is -1.55. The number of amides is 1. The lowest BCUT2D eigenvalue weighted by atomic mass is 9.93. The van der Waals surface area contributed by atoms with Gasteiger partial charge in [-0.05, 0) is 37.9 Å². The highest BCUT2D eigenvalue weighted by Gasteiger charge is 2.27. The largest absolute Gasteiger partial charge is 0.496 e. The summed E-state index contributed by atoms with van der Waals surface area (Å²) in [5.41, 5.74) is 6.29. The van der Waals surface area contributed by atoms with Gasteiger partial charge in [0.15, 0.2) is 0 Å². The molecule has 0 aromatic heterocycles. The van der Waals surface area contributed by atoms with Crippen LogP contribution in [0.5, 0.6) is 5.75 Å². The topological polar surface area (TPSA) is 55.6 Å². The number of rotatable bonds is 6. The number of carbonyl (C=O) groups excluding carboxylic acids is 1. The monoisotopic (exact) mass is 290 g/mol. The molecule has 1 saturated carbocycles. The average Bonchev–Trinajstić information content (AvgIpc) is 2.56. The van der Waals surface area contributed by atoms with Crippen molar-refractivity contribution in [3.8, 4) is 5.75 Å². The second-order valence-electron chi connectivity index (χ2n) is 5.63. The van der Waals surface area contributed by atoms with Crippen molar-refractivity contribution in [1.29, 1.82) is 0 Å². The molecule has 4 nitrogen and oxygen atoms in total. The Balaban J connectivity index is 2.20. The second-order valence-corrected chi connectivity index (χ2v) is 5.63. The smallest absolute Gasteiger partial charge is 0.257 e. The fourth-order valence-electron chi connectivity index (χ4n) is 3.08. The Bertz CT molecular complexity index is 456. The molecule has 1 aliphatic carbocycles. The van der Waals surface area contributed by atoms with Crippen LogP contribution < -0.4 is 10.5 Å². The van der Waals surface area contributed by atoms with Crippen LogP contribution in [0.2, 0.25) is 0 Å². The van der Waals surface area contributed by atoms with Gasteiger partial charge in [-0.3, -0.25) is 4.79 Å². The number of carbonyl (C=O) groups is 1. The molecule has 0 unspecified atom stereocenters. The Morgan fingerprint density at radius 3 is 2.67 bits per heavy atom. The van der Waals surface area contributed by atoms with E-state index in [0.29, 0.717) is 23.9 Å². The normalized spacial score (nSPS) is 15.7. The molecule has 0 radical (unpaired) electrons. The quantitative estimate of drug-likeness (QED) is 0.876. The van der Waals surface area contributed by atoms with Crippen molar-refractivity contribution in [3.63, 3.8) is 0 Å². The van der Waals surface area contributed by atoms with Crippen molar-refractivity contribution in [3.05, 3.63) is 29.8 Å². The van der Waals surface area contributed by atoms with Gasteiger partial charge in [-0.15, -0.1) is 0 Å². The van der Waals surface area contributed by atoms with E-state index in [0.717, 1.165) is 25.8 Å². The maximum atomic E-state index is 12.9. The molecule has 1 amide bonds. The van der Waals surface area contributed by atoms with Gasteiger partial charge in [0.05, 0.1) is 12.7 Å². The predicted molar refractivity (Wildman–Crippen MR) is 84.6 cm³/mol. The molecule has 1 aromatic carbocycles. The van der Waals surface area contributed by atoms with Gasteiger partial charge < -0.3 is 15.4 Å². The molecule has 1 aliphatic rings. The number of ether oxygens (including phenoxy) is 1. The van der Waals surface area contributed by atoms with Crippen molar-refractivity contribution in [2.24, 2.45) is 5.73 Å². The summed E-state index contributed by atoms with van der Waals surface area (Å²) in [7, 11) is 1.61. The van der Waals surface area contributed by atoms with E-state index in [-0.39, 0.29) is 5.91 Å². The highest BCUT2D eigenvalue weighted by atomic mass is 16.5. The molecule has 0 saturated heterocycles. The number of nitrogens with zero attached hydrogens (tertiary/aromatic N) is 1. The molecule has 0 bridgehead atoms. The number of hydrogen-bond donors (Lipinski definition) is 1. The van der Waals surface area contributed by atoms with Crippen LogP contribution >= 0.6 is 0 Å². The van der Waals surface area contributed by atoms with Gasteiger partial charge in [0, 0.05) is 12.6 Å². The molecular weight excluding hydrogens is 264 g/mol. The molecular formula is C17H26N2O2. The third kappa shape index (κ3) is 3.97. The molecule has 2 rings (SSSR count). The van der Waals surface area contributed by atoms with E-state index in [1.165, 1.54) is 19.3 Å². The number of para-hydroxylation sites is 1. The maximum absolute atomic E-state index is 12.9. The lowest BCUT2D eigenvalue weighted by Crippen LogP contribution is -2.42.